The summed E-state index contributed by atoms with van der Waals surface area (Å²) >= 11 is 1.72. The van der Waals surface area contributed by atoms with Gasteiger partial charge in [0.1, 0.15) is 5.75 Å². The molecule has 1 aromatic carbocycles. The standard InChI is InChI=1S/C17H20N2OS/c1-12-9-13(11-18-14-3-4-14)10-17(19-12)20-15-5-7-16(21-2)8-6-15/h5-10,14,18H,3-4,11H2,1-2H3. The number of rotatable bonds is 6. The first-order valence-corrected chi connectivity index (χ1v) is 8.48. The molecule has 1 aromatic heterocycles. The van der Waals surface area contributed by atoms with E-state index in [1.54, 1.807) is 11.8 Å². The number of nitrogens with zero attached hydrogens (tertiary/aromatic N) is 1. The van der Waals surface area contributed by atoms with Crippen molar-refractivity contribution >= 4 is 11.8 Å². The van der Waals surface area contributed by atoms with Gasteiger partial charge in [0.2, 0.25) is 5.88 Å². The molecule has 0 saturated heterocycles. The zero-order valence-corrected chi connectivity index (χ0v) is 13.2. The van der Waals surface area contributed by atoms with Crippen LogP contribution >= 0.6 is 11.8 Å². The van der Waals surface area contributed by atoms with Crippen molar-refractivity contribution in [1.82, 2.24) is 10.3 Å². The van der Waals surface area contributed by atoms with Crippen molar-refractivity contribution in [2.75, 3.05) is 6.26 Å². The van der Waals surface area contributed by atoms with Gasteiger partial charge in [-0.1, -0.05) is 0 Å². The lowest BCUT2D eigenvalue weighted by atomic mass is 10.2. The van der Waals surface area contributed by atoms with Gasteiger partial charge in [0.05, 0.1) is 0 Å². The fourth-order valence-electron chi connectivity index (χ4n) is 2.18. The Morgan fingerprint density at radius 2 is 2.00 bits per heavy atom. The summed E-state index contributed by atoms with van der Waals surface area (Å²) in [6, 6.07) is 12.9. The molecule has 3 rings (SSSR count). The average molecular weight is 300 g/mol. The Morgan fingerprint density at radius 1 is 1.24 bits per heavy atom. The summed E-state index contributed by atoms with van der Waals surface area (Å²) < 4.78 is 5.87. The number of ether oxygens (including phenoxy) is 1. The molecule has 0 spiro atoms. The Labute approximate surface area is 130 Å². The number of aromatic nitrogens is 1. The molecule has 0 radical (unpaired) electrons. The quantitative estimate of drug-likeness (QED) is 0.812. The highest BCUT2D eigenvalue weighted by Gasteiger charge is 2.20. The van der Waals surface area contributed by atoms with E-state index in [1.807, 2.05) is 25.1 Å². The van der Waals surface area contributed by atoms with Crippen LogP contribution < -0.4 is 10.1 Å². The molecule has 1 fully saturated rings. The van der Waals surface area contributed by atoms with E-state index in [4.69, 9.17) is 4.74 Å². The SMILES string of the molecule is CSc1ccc(Oc2cc(CNC3CC3)cc(C)n2)cc1. The third-order valence-electron chi connectivity index (χ3n) is 3.44. The molecular weight excluding hydrogens is 280 g/mol. The Balaban J connectivity index is 1.70. The Hall–Kier alpha value is -1.52. The normalized spacial score (nSPS) is 14.2. The first-order valence-electron chi connectivity index (χ1n) is 7.26. The predicted molar refractivity (Wildman–Crippen MR) is 87.1 cm³/mol. The number of aryl methyl sites for hydroxylation is 1. The van der Waals surface area contributed by atoms with Crippen LogP contribution in [-0.2, 0) is 6.54 Å². The zero-order chi connectivity index (χ0) is 14.7. The second-order valence-electron chi connectivity index (χ2n) is 5.39. The van der Waals surface area contributed by atoms with Gasteiger partial charge in [-0.25, -0.2) is 4.98 Å². The first kappa shape index (κ1) is 14.4. The summed E-state index contributed by atoms with van der Waals surface area (Å²) in [5.41, 5.74) is 2.21. The number of hydrogen-bond donors (Lipinski definition) is 1. The van der Waals surface area contributed by atoms with Gasteiger partial charge in [-0.3, -0.25) is 0 Å². The van der Waals surface area contributed by atoms with Crippen molar-refractivity contribution in [2.45, 2.75) is 37.2 Å². The minimum atomic E-state index is 0.666. The molecule has 1 N–H and O–H groups in total. The van der Waals surface area contributed by atoms with Crippen molar-refractivity contribution in [2.24, 2.45) is 0 Å². The molecule has 0 unspecified atom stereocenters. The lowest BCUT2D eigenvalue weighted by Gasteiger charge is -2.09. The third kappa shape index (κ3) is 4.22. The number of nitrogens with one attached hydrogen (secondary N) is 1. The summed E-state index contributed by atoms with van der Waals surface area (Å²) in [6.07, 6.45) is 4.67. The highest BCUT2D eigenvalue weighted by atomic mass is 32.2. The maximum absolute atomic E-state index is 5.87. The molecule has 21 heavy (non-hydrogen) atoms. The summed E-state index contributed by atoms with van der Waals surface area (Å²) in [4.78, 5) is 5.69. The van der Waals surface area contributed by atoms with Crippen LogP contribution in [-0.4, -0.2) is 17.3 Å². The van der Waals surface area contributed by atoms with Crippen LogP contribution in [0.3, 0.4) is 0 Å². The number of pyridine rings is 1. The van der Waals surface area contributed by atoms with E-state index in [9.17, 15) is 0 Å². The van der Waals surface area contributed by atoms with Crippen molar-refractivity contribution < 1.29 is 4.74 Å². The van der Waals surface area contributed by atoms with Crippen LogP contribution in [0.2, 0.25) is 0 Å². The maximum Gasteiger partial charge on any atom is 0.219 e. The van der Waals surface area contributed by atoms with Crippen LogP contribution in [0.4, 0.5) is 0 Å². The van der Waals surface area contributed by atoms with E-state index in [1.165, 1.54) is 23.3 Å². The van der Waals surface area contributed by atoms with Gasteiger partial charge >= 0.3 is 0 Å². The molecule has 4 heteroatoms. The molecule has 1 aliphatic carbocycles. The second kappa shape index (κ2) is 6.50. The first-order chi connectivity index (χ1) is 10.2. The summed E-state index contributed by atoms with van der Waals surface area (Å²) in [6.45, 7) is 2.89. The van der Waals surface area contributed by atoms with E-state index >= 15 is 0 Å². The number of thioether (sulfide) groups is 1. The molecule has 3 nitrogen and oxygen atoms in total. The topological polar surface area (TPSA) is 34.1 Å². The lowest BCUT2D eigenvalue weighted by molar-refractivity contribution is 0.460. The zero-order valence-electron chi connectivity index (χ0n) is 12.4. The lowest BCUT2D eigenvalue weighted by Crippen LogP contribution is -2.15. The summed E-state index contributed by atoms with van der Waals surface area (Å²) in [7, 11) is 0. The average Bonchev–Trinajstić information content (AvgIpc) is 3.30. The Kier molecular flexibility index (Phi) is 4.46. The van der Waals surface area contributed by atoms with Gasteiger partial charge in [0, 0.05) is 29.2 Å². The number of benzene rings is 1. The monoisotopic (exact) mass is 300 g/mol. The highest BCUT2D eigenvalue weighted by Crippen LogP contribution is 2.25. The molecule has 0 amide bonds. The second-order valence-corrected chi connectivity index (χ2v) is 6.27. The fourth-order valence-corrected chi connectivity index (χ4v) is 2.58. The van der Waals surface area contributed by atoms with Crippen LogP contribution in [0, 0.1) is 6.92 Å². The van der Waals surface area contributed by atoms with Crippen molar-refractivity contribution in [3.63, 3.8) is 0 Å². The highest BCUT2D eigenvalue weighted by molar-refractivity contribution is 7.98. The van der Waals surface area contributed by atoms with Crippen molar-refractivity contribution in [1.29, 1.82) is 0 Å². The van der Waals surface area contributed by atoms with Crippen LogP contribution in [0.5, 0.6) is 11.6 Å². The van der Waals surface area contributed by atoms with E-state index < -0.39 is 0 Å². The van der Waals surface area contributed by atoms with Crippen LogP contribution in [0.25, 0.3) is 0 Å². The Morgan fingerprint density at radius 3 is 2.67 bits per heavy atom. The molecule has 1 heterocycles. The predicted octanol–water partition coefficient (Wildman–Crippen LogP) is 4.16. The molecule has 110 valence electrons. The van der Waals surface area contributed by atoms with Crippen LogP contribution in [0.15, 0.2) is 41.3 Å². The van der Waals surface area contributed by atoms with Crippen LogP contribution in [0.1, 0.15) is 24.1 Å². The molecule has 1 saturated carbocycles. The molecule has 1 aliphatic rings. The summed E-state index contributed by atoms with van der Waals surface area (Å²) in [5, 5.41) is 3.52. The van der Waals surface area contributed by atoms with E-state index in [0.717, 1.165) is 18.0 Å². The minimum Gasteiger partial charge on any atom is -0.439 e. The van der Waals surface area contributed by atoms with Gasteiger partial charge in [0.25, 0.3) is 0 Å². The minimum absolute atomic E-state index is 0.666. The molecule has 0 aliphatic heterocycles. The molecule has 0 atom stereocenters. The molecule has 2 aromatic rings. The largest absolute Gasteiger partial charge is 0.439 e. The number of hydrogen-bond acceptors (Lipinski definition) is 4. The van der Waals surface area contributed by atoms with Crippen molar-refractivity contribution in [3.8, 4) is 11.6 Å². The third-order valence-corrected chi connectivity index (χ3v) is 4.19. The van der Waals surface area contributed by atoms with Gasteiger partial charge in [-0.2, -0.15) is 0 Å². The molecule has 0 bridgehead atoms. The Bertz CT molecular complexity index is 609. The van der Waals surface area contributed by atoms with Gasteiger partial charge in [-0.05, 0) is 61.9 Å². The van der Waals surface area contributed by atoms with Crippen molar-refractivity contribution in [3.05, 3.63) is 47.7 Å². The fraction of sp³-hybridized carbons (Fsp3) is 0.353. The molecular formula is C17H20N2OS. The summed E-state index contributed by atoms with van der Waals surface area (Å²) in [5.74, 6) is 1.49. The maximum atomic E-state index is 5.87. The van der Waals surface area contributed by atoms with Gasteiger partial charge < -0.3 is 10.1 Å². The smallest absolute Gasteiger partial charge is 0.219 e. The van der Waals surface area contributed by atoms with E-state index in [0.29, 0.717) is 11.9 Å². The van der Waals surface area contributed by atoms with Gasteiger partial charge in [0.15, 0.2) is 0 Å². The van der Waals surface area contributed by atoms with E-state index in [2.05, 4.69) is 34.8 Å². The van der Waals surface area contributed by atoms with Gasteiger partial charge in [-0.15, -0.1) is 11.8 Å². The van der Waals surface area contributed by atoms with E-state index in [-0.39, 0.29) is 0 Å².